The van der Waals surface area contributed by atoms with Gasteiger partial charge in [-0.15, -0.1) is 0 Å². The van der Waals surface area contributed by atoms with Gasteiger partial charge in [0.15, 0.2) is 24.6 Å². The first-order valence-electron chi connectivity index (χ1n) is 28.6. The Morgan fingerprint density at radius 2 is 0.877 bits per heavy atom. The minimum Gasteiger partial charge on any atom is -0.479 e. The average Bonchev–Trinajstić information content (AvgIpc) is 3.37. The molecule has 6 atom stereocenters. The second-order valence-electron chi connectivity index (χ2n) is 19.2. The van der Waals surface area contributed by atoms with Crippen LogP contribution in [0, 0.1) is 0 Å². The number of hydrogen-bond donors (Lipinski definition) is 3. The predicted molar refractivity (Wildman–Crippen MR) is 294 cm³/mol. The number of ether oxygens (including phenoxy) is 5. The van der Waals surface area contributed by atoms with Crippen LogP contribution in [0.15, 0.2) is 85.1 Å². The van der Waals surface area contributed by atoms with Crippen molar-refractivity contribution in [1.82, 2.24) is 0 Å². The van der Waals surface area contributed by atoms with Crippen molar-refractivity contribution in [1.29, 1.82) is 0 Å². The molecule has 0 radical (unpaired) electrons. The number of unbranched alkanes of at least 4 members (excludes halogenated alkanes) is 19. The first kappa shape index (κ1) is 66.9. The van der Waals surface area contributed by atoms with E-state index in [0.717, 1.165) is 103 Å². The lowest BCUT2D eigenvalue weighted by molar-refractivity contribution is -0.301. The number of rotatable bonds is 47. The van der Waals surface area contributed by atoms with Crippen molar-refractivity contribution in [2.24, 2.45) is 0 Å². The number of esters is 3. The van der Waals surface area contributed by atoms with Crippen LogP contribution in [-0.4, -0.2) is 89.2 Å². The summed E-state index contributed by atoms with van der Waals surface area (Å²) in [6, 6.07) is 0. The largest absolute Gasteiger partial charge is 0.479 e. The second-order valence-corrected chi connectivity index (χ2v) is 19.2. The zero-order valence-electron chi connectivity index (χ0n) is 45.6. The van der Waals surface area contributed by atoms with Gasteiger partial charge in [0.2, 0.25) is 0 Å². The molecule has 0 spiro atoms. The monoisotopic (exact) mass is 1020 g/mol. The van der Waals surface area contributed by atoms with Gasteiger partial charge in [-0.05, 0) is 89.9 Å². The van der Waals surface area contributed by atoms with Crippen LogP contribution in [0.5, 0.6) is 0 Å². The van der Waals surface area contributed by atoms with E-state index < -0.39 is 67.3 Å². The number of carboxylic acid groups (broad SMARTS) is 1. The molecular formula is C61H100O12. The number of carbonyl (C=O) groups is 4. The fourth-order valence-electron chi connectivity index (χ4n) is 8.08. The van der Waals surface area contributed by atoms with Crippen LogP contribution >= 0.6 is 0 Å². The van der Waals surface area contributed by atoms with Gasteiger partial charge in [0.05, 0.1) is 6.61 Å². The van der Waals surface area contributed by atoms with Crippen LogP contribution in [0.1, 0.15) is 226 Å². The van der Waals surface area contributed by atoms with Gasteiger partial charge in [-0.25, -0.2) is 4.79 Å². The van der Waals surface area contributed by atoms with Gasteiger partial charge >= 0.3 is 23.9 Å². The van der Waals surface area contributed by atoms with Crippen LogP contribution in [0.4, 0.5) is 0 Å². The molecule has 73 heavy (non-hydrogen) atoms. The van der Waals surface area contributed by atoms with Crippen molar-refractivity contribution in [2.45, 2.75) is 263 Å². The second kappa shape index (κ2) is 48.8. The summed E-state index contributed by atoms with van der Waals surface area (Å²) < 4.78 is 28.3. The van der Waals surface area contributed by atoms with Crippen molar-refractivity contribution in [3.05, 3.63) is 85.1 Å². The SMILES string of the molecule is CC/C=C\C/C=C\C/C=C\C/C=C\C/C=C\CCCC(=O)OCC(COC1OC(C(=O)O)C(O)C(O)C1OC(=O)CCCCCCCCCCCCC)OC(=O)CCCCCCC/C=C\C/C=C\CCCCC. The Kier molecular flexibility index (Phi) is 44.7. The number of aliphatic carboxylic acids is 1. The van der Waals surface area contributed by atoms with Gasteiger partial charge in [-0.2, -0.15) is 0 Å². The Morgan fingerprint density at radius 3 is 1.38 bits per heavy atom. The Labute approximate surface area is 441 Å². The Bertz CT molecular complexity index is 1590. The molecule has 0 aliphatic carbocycles. The summed E-state index contributed by atoms with van der Waals surface area (Å²) in [6.07, 6.45) is 49.9. The van der Waals surface area contributed by atoms with E-state index in [0.29, 0.717) is 25.7 Å². The van der Waals surface area contributed by atoms with E-state index >= 15 is 0 Å². The summed E-state index contributed by atoms with van der Waals surface area (Å²) in [5.41, 5.74) is 0. The Morgan fingerprint density at radius 1 is 0.466 bits per heavy atom. The zero-order chi connectivity index (χ0) is 53.3. The molecule has 1 aliphatic rings. The summed E-state index contributed by atoms with van der Waals surface area (Å²) in [7, 11) is 0. The molecule has 12 nitrogen and oxygen atoms in total. The van der Waals surface area contributed by atoms with Crippen LogP contribution in [-0.2, 0) is 42.9 Å². The molecule has 6 unspecified atom stereocenters. The smallest absolute Gasteiger partial charge is 0.335 e. The van der Waals surface area contributed by atoms with Gasteiger partial charge in [0.1, 0.15) is 18.8 Å². The summed E-state index contributed by atoms with van der Waals surface area (Å²) >= 11 is 0. The number of hydrogen-bond acceptors (Lipinski definition) is 11. The molecule has 0 bridgehead atoms. The Balaban J connectivity index is 2.76. The fraction of sp³-hybridized carbons (Fsp3) is 0.705. The topological polar surface area (TPSA) is 175 Å². The fourth-order valence-corrected chi connectivity index (χ4v) is 8.08. The van der Waals surface area contributed by atoms with Crippen LogP contribution in [0.3, 0.4) is 0 Å². The van der Waals surface area contributed by atoms with E-state index in [1.807, 2.05) is 6.08 Å². The highest BCUT2D eigenvalue weighted by Crippen LogP contribution is 2.26. The minimum atomic E-state index is -1.91. The highest BCUT2D eigenvalue weighted by Gasteiger charge is 2.50. The predicted octanol–water partition coefficient (Wildman–Crippen LogP) is 14.3. The van der Waals surface area contributed by atoms with Crippen LogP contribution in [0.25, 0.3) is 0 Å². The molecule has 1 aliphatic heterocycles. The number of aliphatic hydroxyl groups excluding tert-OH is 2. The molecule has 0 aromatic heterocycles. The maximum Gasteiger partial charge on any atom is 0.335 e. The van der Waals surface area contributed by atoms with Crippen molar-refractivity contribution in [3.63, 3.8) is 0 Å². The van der Waals surface area contributed by atoms with Crippen LogP contribution < -0.4 is 0 Å². The van der Waals surface area contributed by atoms with Crippen molar-refractivity contribution >= 4 is 23.9 Å². The third-order valence-electron chi connectivity index (χ3n) is 12.5. The molecule has 1 heterocycles. The van der Waals surface area contributed by atoms with Gasteiger partial charge in [-0.3, -0.25) is 14.4 Å². The van der Waals surface area contributed by atoms with E-state index in [4.69, 9.17) is 23.7 Å². The first-order valence-corrected chi connectivity index (χ1v) is 28.6. The quantitative estimate of drug-likeness (QED) is 0.0228. The van der Waals surface area contributed by atoms with Crippen molar-refractivity contribution in [3.8, 4) is 0 Å². The van der Waals surface area contributed by atoms with E-state index in [1.165, 1.54) is 57.8 Å². The summed E-state index contributed by atoms with van der Waals surface area (Å²) in [4.78, 5) is 51.0. The molecule has 0 saturated carbocycles. The van der Waals surface area contributed by atoms with Gasteiger partial charge in [0, 0.05) is 19.3 Å². The highest BCUT2D eigenvalue weighted by molar-refractivity contribution is 5.74. The minimum absolute atomic E-state index is 0.0524. The third-order valence-corrected chi connectivity index (χ3v) is 12.5. The van der Waals surface area contributed by atoms with Gasteiger partial charge < -0.3 is 39.0 Å². The molecule has 0 aromatic carbocycles. The lowest BCUT2D eigenvalue weighted by Gasteiger charge is -2.40. The highest BCUT2D eigenvalue weighted by atomic mass is 16.7. The van der Waals surface area contributed by atoms with E-state index in [2.05, 4.69) is 99.8 Å². The molecule has 1 fully saturated rings. The third kappa shape index (κ3) is 39.0. The molecule has 1 saturated heterocycles. The summed E-state index contributed by atoms with van der Waals surface area (Å²) in [5.74, 6) is -3.22. The van der Waals surface area contributed by atoms with Crippen LogP contribution in [0.2, 0.25) is 0 Å². The number of carboxylic acids is 1. The first-order chi connectivity index (χ1) is 35.6. The maximum atomic E-state index is 13.1. The van der Waals surface area contributed by atoms with Gasteiger partial charge in [-0.1, -0.05) is 202 Å². The average molecular weight is 1030 g/mol. The standard InChI is InChI=1S/C61H100O12/c1-4-7-10-13-16-19-22-24-26-27-29-30-33-35-38-41-44-47-53(62)69-50-52(71-54(63)48-45-42-39-37-34-31-28-25-23-20-17-14-11-8-5-2)51-70-61-59(57(66)56(65)58(73-61)60(67)68)72-55(64)49-46-43-40-36-32-21-18-15-12-9-6-3/h7,10,16-17,19-20,24-26,28-30,35,38,52,56-59,61,65-66H,4-6,8-9,11-15,18,21-23,27,31-34,36-37,39-51H2,1-3H3,(H,67,68)/b10-7-,19-16-,20-17-,26-24-,28-25-,30-29-,38-35-. The summed E-state index contributed by atoms with van der Waals surface area (Å²) in [5, 5.41) is 31.4. The molecule has 3 N–H and O–H groups in total. The molecule has 416 valence electrons. The van der Waals surface area contributed by atoms with E-state index in [1.54, 1.807) is 0 Å². The lowest BCUT2D eigenvalue weighted by Crippen LogP contribution is -2.61. The molecule has 1 rings (SSSR count). The Hall–Kier alpha value is -4.10. The van der Waals surface area contributed by atoms with Gasteiger partial charge in [0.25, 0.3) is 0 Å². The normalized spacial score (nSPS) is 18.9. The van der Waals surface area contributed by atoms with E-state index in [-0.39, 0.29) is 25.9 Å². The zero-order valence-corrected chi connectivity index (χ0v) is 45.6. The molecule has 0 amide bonds. The number of aliphatic hydroxyl groups is 2. The van der Waals surface area contributed by atoms with Crippen molar-refractivity contribution in [2.75, 3.05) is 13.2 Å². The molecule has 12 heteroatoms. The number of allylic oxidation sites excluding steroid dienone is 14. The van der Waals surface area contributed by atoms with Crippen molar-refractivity contribution < 1.29 is 58.2 Å². The number of carbonyl (C=O) groups excluding carboxylic acids is 3. The summed E-state index contributed by atoms with van der Waals surface area (Å²) in [6.45, 7) is 5.77. The lowest BCUT2D eigenvalue weighted by atomic mass is 9.98. The molecule has 0 aromatic rings. The van der Waals surface area contributed by atoms with E-state index in [9.17, 15) is 34.5 Å². The maximum absolute atomic E-state index is 13.1. The molecular weight excluding hydrogens is 925 g/mol.